The quantitative estimate of drug-likeness (QED) is 0.0620. The van der Waals surface area contributed by atoms with E-state index in [0.29, 0.717) is 57.9 Å². The summed E-state index contributed by atoms with van der Waals surface area (Å²) < 4.78 is 34.7. The van der Waals surface area contributed by atoms with Crippen molar-refractivity contribution in [3.05, 3.63) is 123 Å². The van der Waals surface area contributed by atoms with Crippen LogP contribution >= 0.6 is 11.6 Å². The number of anilines is 1. The van der Waals surface area contributed by atoms with Crippen LogP contribution in [0.1, 0.15) is 35.9 Å². The van der Waals surface area contributed by atoms with Gasteiger partial charge in [-0.15, -0.1) is 0 Å². The number of halogens is 1. The second-order valence-corrected chi connectivity index (χ2v) is 15.4. The Morgan fingerprint density at radius 1 is 1.02 bits per heavy atom. The number of carbonyl (C=O) groups is 1. The van der Waals surface area contributed by atoms with Crippen molar-refractivity contribution in [2.24, 2.45) is 4.99 Å². The Balaban J connectivity index is 1.41. The van der Waals surface area contributed by atoms with Crippen LogP contribution in [0.3, 0.4) is 0 Å². The number of para-hydroxylation sites is 2. The summed E-state index contributed by atoms with van der Waals surface area (Å²) in [6.45, 7) is 9.75. The first-order valence-corrected chi connectivity index (χ1v) is 19.4. The summed E-state index contributed by atoms with van der Waals surface area (Å²) >= 11 is 6.44. The fourth-order valence-corrected chi connectivity index (χ4v) is 7.45. The van der Waals surface area contributed by atoms with Crippen molar-refractivity contribution in [3.63, 3.8) is 0 Å². The lowest BCUT2D eigenvalue weighted by Crippen LogP contribution is -2.38. The molecule has 0 aliphatic carbocycles. The number of aryl methyl sites for hydroxylation is 3. The minimum atomic E-state index is -3.39. The van der Waals surface area contributed by atoms with Crippen molar-refractivity contribution >= 4 is 61.2 Å². The van der Waals surface area contributed by atoms with Gasteiger partial charge in [-0.3, -0.25) is 18.6 Å². The van der Waals surface area contributed by atoms with E-state index in [-0.39, 0.29) is 29.8 Å². The number of amides is 1. The van der Waals surface area contributed by atoms with Crippen LogP contribution in [0.15, 0.2) is 94.7 Å². The molecule has 2 atom stereocenters. The minimum absolute atomic E-state index is 0.0725. The number of quaternary nitrogens is 1. The fourth-order valence-electron chi connectivity index (χ4n) is 6.50. The van der Waals surface area contributed by atoms with Crippen LogP contribution in [-0.4, -0.2) is 61.7 Å². The molecule has 1 aliphatic heterocycles. The number of carbonyl (C=O) groups excluding carboxylic acids is 1. The van der Waals surface area contributed by atoms with Crippen LogP contribution in [0.25, 0.3) is 10.9 Å². The summed E-state index contributed by atoms with van der Waals surface area (Å²) in [5.74, 6) is 0.270. The maximum Gasteiger partial charge on any atom is 0.278 e. The summed E-state index contributed by atoms with van der Waals surface area (Å²) in [6.07, 6.45) is 1.35. The largest absolute Gasteiger partial charge is 0.493 e. The molecule has 11 nitrogen and oxygen atoms in total. The number of sulfonamides is 1. The van der Waals surface area contributed by atoms with Gasteiger partial charge < -0.3 is 10.1 Å². The van der Waals surface area contributed by atoms with Crippen molar-refractivity contribution in [1.29, 1.82) is 0 Å². The predicted octanol–water partition coefficient (Wildman–Crippen LogP) is 6.42. The number of fused-ring (bicyclic) bond motifs is 1. The van der Waals surface area contributed by atoms with E-state index in [9.17, 15) is 18.0 Å². The van der Waals surface area contributed by atoms with Crippen LogP contribution in [0.2, 0.25) is 5.02 Å². The van der Waals surface area contributed by atoms with Gasteiger partial charge in [0.05, 0.1) is 46.7 Å². The Morgan fingerprint density at radius 2 is 1.77 bits per heavy atom. The zero-order valence-electron chi connectivity index (χ0n) is 29.8. The zero-order valence-corrected chi connectivity index (χ0v) is 31.4. The fraction of sp³-hybridized carbons (Fsp3) is 0.282. The smallest absolute Gasteiger partial charge is 0.278 e. The molecule has 1 aliphatic rings. The lowest BCUT2D eigenvalue weighted by atomic mass is 10.1. The lowest BCUT2D eigenvalue weighted by molar-refractivity contribution is -0.110. The van der Waals surface area contributed by atoms with Gasteiger partial charge in [0.15, 0.2) is 18.1 Å². The Hall–Kier alpha value is -4.88. The molecular weight excluding hydrogens is 700 g/mol. The highest BCUT2D eigenvalue weighted by atomic mass is 35.5. The summed E-state index contributed by atoms with van der Waals surface area (Å²) in [4.78, 5) is 38.1. The number of likely N-dealkylation sites (N-methyl/N-ethyl adjacent to an activating group) is 1. The van der Waals surface area contributed by atoms with E-state index in [1.165, 1.54) is 4.57 Å². The van der Waals surface area contributed by atoms with Gasteiger partial charge >= 0.3 is 0 Å². The Morgan fingerprint density at radius 3 is 2.48 bits per heavy atom. The number of rotatable bonds is 13. The summed E-state index contributed by atoms with van der Waals surface area (Å²) in [5, 5.41) is 3.63. The summed E-state index contributed by atoms with van der Waals surface area (Å²) in [6, 6.07) is 25.5. The van der Waals surface area contributed by atoms with Crippen LogP contribution < -0.4 is 24.8 Å². The van der Waals surface area contributed by atoms with Crippen LogP contribution in [0.5, 0.6) is 5.75 Å². The molecule has 5 aromatic rings. The maximum atomic E-state index is 14.3. The van der Waals surface area contributed by atoms with Crippen LogP contribution in [0, 0.1) is 20.8 Å². The van der Waals surface area contributed by atoms with E-state index in [1.807, 2.05) is 52.0 Å². The Bertz CT molecular complexity index is 2380. The molecule has 0 saturated carbocycles. The topological polar surface area (TPSA) is 132 Å². The second kappa shape index (κ2) is 15.0. The maximum absolute atomic E-state index is 14.3. The van der Waals surface area contributed by atoms with E-state index in [4.69, 9.17) is 26.3 Å². The van der Waals surface area contributed by atoms with Gasteiger partial charge in [-0.05, 0) is 81.6 Å². The number of hydrogen-bond donors (Lipinski definition) is 2. The van der Waals surface area contributed by atoms with Crippen molar-refractivity contribution in [3.8, 4) is 5.75 Å². The number of hydrogen-bond acceptors (Lipinski definition) is 7. The molecule has 1 amide bonds. The molecule has 1 fully saturated rings. The molecule has 0 bridgehead atoms. The highest BCUT2D eigenvalue weighted by molar-refractivity contribution is 7.88. The van der Waals surface area contributed by atoms with E-state index in [1.54, 1.807) is 54.6 Å². The Kier molecular flexibility index (Phi) is 10.6. The molecule has 2 heterocycles. The minimum Gasteiger partial charge on any atom is -0.493 e. The van der Waals surface area contributed by atoms with Gasteiger partial charge in [-0.25, -0.2) is 18.4 Å². The lowest BCUT2D eigenvalue weighted by Gasteiger charge is -2.19. The number of aromatic nitrogens is 2. The predicted molar refractivity (Wildman–Crippen MR) is 208 cm³/mol. The van der Waals surface area contributed by atoms with Gasteiger partial charge in [0, 0.05) is 18.7 Å². The standard InChI is InChI=1S/C39H41ClN6O5S/c1-6-46(24-35(46)44-52(5,49)50)28-17-18-31(26(3)23-28)41-36(38(47)43-33-15-10-8-13-30(33)40)37-42-32-14-9-7-12-29(32)39(48)45(37)20-11-21-51-34-19-16-25(2)22-27(34)4/h7-10,12-19,22-23,35,44H,6,11,20-21,24H2,1-5H3/p+1. The van der Waals surface area contributed by atoms with E-state index < -0.39 is 15.9 Å². The van der Waals surface area contributed by atoms with E-state index in [0.717, 1.165) is 34.4 Å². The molecule has 4 aromatic carbocycles. The van der Waals surface area contributed by atoms with Crippen molar-refractivity contribution in [1.82, 2.24) is 18.8 Å². The summed E-state index contributed by atoms with van der Waals surface area (Å²) in [5.41, 5.74) is 4.75. The van der Waals surface area contributed by atoms with E-state index >= 15 is 0 Å². The number of nitrogens with zero attached hydrogens (tertiary/aromatic N) is 4. The molecule has 2 unspecified atom stereocenters. The molecule has 2 N–H and O–H groups in total. The molecule has 6 rings (SSSR count). The number of benzene rings is 4. The third-order valence-corrected chi connectivity index (χ3v) is 10.4. The highest BCUT2D eigenvalue weighted by Crippen LogP contribution is 2.39. The molecule has 0 radical (unpaired) electrons. The van der Waals surface area contributed by atoms with E-state index in [2.05, 4.69) is 16.1 Å². The van der Waals surface area contributed by atoms with Crippen LogP contribution in [0.4, 0.5) is 17.1 Å². The van der Waals surface area contributed by atoms with Gasteiger partial charge in [0.25, 0.3) is 11.5 Å². The van der Waals surface area contributed by atoms with Gasteiger partial charge in [0.2, 0.25) is 16.2 Å². The monoisotopic (exact) mass is 741 g/mol. The molecular formula is C39H42ClN6O5S+. The molecule has 1 aromatic heterocycles. The van der Waals surface area contributed by atoms with Gasteiger partial charge in [-0.2, -0.15) is 4.72 Å². The Labute approximate surface area is 308 Å². The average Bonchev–Trinajstić information content (AvgIpc) is 3.80. The normalized spacial score (nSPS) is 17.3. The van der Waals surface area contributed by atoms with Gasteiger partial charge in [0.1, 0.15) is 11.4 Å². The highest BCUT2D eigenvalue weighted by Gasteiger charge is 2.57. The average molecular weight is 742 g/mol. The molecule has 13 heteroatoms. The zero-order chi connectivity index (χ0) is 37.2. The second-order valence-electron chi connectivity index (χ2n) is 13.2. The summed E-state index contributed by atoms with van der Waals surface area (Å²) in [7, 11) is -3.39. The first-order valence-electron chi connectivity index (χ1n) is 17.1. The number of ether oxygens (including phenoxy) is 1. The molecule has 1 saturated heterocycles. The third kappa shape index (κ3) is 7.95. The molecule has 270 valence electrons. The van der Waals surface area contributed by atoms with Crippen molar-refractivity contribution in [2.75, 3.05) is 31.3 Å². The van der Waals surface area contributed by atoms with Crippen molar-refractivity contribution in [2.45, 2.75) is 46.8 Å². The number of aliphatic imine (C=N–C) groups is 1. The number of nitrogens with one attached hydrogen (secondary N) is 2. The third-order valence-electron chi connectivity index (χ3n) is 9.33. The van der Waals surface area contributed by atoms with Crippen molar-refractivity contribution < 1.29 is 17.9 Å². The van der Waals surface area contributed by atoms with Gasteiger partial charge in [-0.1, -0.05) is 53.6 Å². The first-order chi connectivity index (χ1) is 24.8. The van der Waals surface area contributed by atoms with Crippen LogP contribution in [-0.2, 0) is 21.4 Å². The SMILES string of the molecule is CC[N+]1(c2ccc(N=C(C(=O)Nc3ccccc3Cl)c3nc4ccccc4c(=O)n3CCCOc3ccc(C)cc3C)c(C)c2)CC1NS(C)(=O)=O. The first kappa shape index (κ1) is 36.9. The molecule has 52 heavy (non-hydrogen) atoms. The molecule has 0 spiro atoms.